The van der Waals surface area contributed by atoms with Gasteiger partial charge in [-0.05, 0) is 42.7 Å². The van der Waals surface area contributed by atoms with Gasteiger partial charge >= 0.3 is 0 Å². The molecule has 8 heteroatoms. The van der Waals surface area contributed by atoms with Gasteiger partial charge in [-0.1, -0.05) is 6.42 Å². The van der Waals surface area contributed by atoms with Crippen LogP contribution in [0.25, 0.3) is 22.2 Å². The number of nitrogens with zero attached hydrogens (tertiary/aromatic N) is 3. The maximum Gasteiger partial charge on any atom is 0.224 e. The van der Waals surface area contributed by atoms with Crippen LogP contribution < -0.4 is 11.1 Å². The Kier molecular flexibility index (Phi) is 3.96. The van der Waals surface area contributed by atoms with Gasteiger partial charge in [0.05, 0.1) is 11.3 Å². The van der Waals surface area contributed by atoms with E-state index in [1.165, 1.54) is 31.4 Å². The average molecular weight is 377 g/mol. The van der Waals surface area contributed by atoms with Gasteiger partial charge in [-0.3, -0.25) is 5.10 Å². The number of rotatable bonds is 5. The molecule has 0 unspecified atom stereocenters. The molecule has 1 aliphatic rings. The third-order valence-corrected chi connectivity index (χ3v) is 5.39. The molecule has 142 valence electrons. The van der Waals surface area contributed by atoms with Crippen LogP contribution in [0.3, 0.4) is 0 Å². The highest BCUT2D eigenvalue weighted by Crippen LogP contribution is 2.36. The van der Waals surface area contributed by atoms with Gasteiger partial charge in [0.2, 0.25) is 5.95 Å². The Morgan fingerprint density at radius 1 is 1.25 bits per heavy atom. The number of fused-ring (bicyclic) bond motifs is 1. The Labute approximate surface area is 160 Å². The molecule has 0 bridgehead atoms. The third kappa shape index (κ3) is 2.96. The number of nitrogen functional groups attached to an aromatic ring is 1. The molecule has 5 N–H and O–H groups in total. The normalized spacial score (nSPS) is 14.3. The van der Waals surface area contributed by atoms with Gasteiger partial charge in [0.15, 0.2) is 0 Å². The summed E-state index contributed by atoms with van der Waals surface area (Å²) >= 11 is 0. The lowest BCUT2D eigenvalue weighted by Crippen LogP contribution is -2.08. The largest absolute Gasteiger partial charge is 0.383 e. The van der Waals surface area contributed by atoms with Crippen LogP contribution in [0.15, 0.2) is 36.7 Å². The summed E-state index contributed by atoms with van der Waals surface area (Å²) in [6.07, 6.45) is 7.13. The second kappa shape index (κ2) is 6.63. The topological polar surface area (TPSA) is 108 Å². The Morgan fingerprint density at radius 2 is 2.14 bits per heavy atom. The van der Waals surface area contributed by atoms with Gasteiger partial charge in [0.1, 0.15) is 11.6 Å². The molecule has 1 aromatic carbocycles. The molecule has 0 aliphatic heterocycles. The molecular formula is C20H20FN7. The second-order valence-corrected chi connectivity index (χ2v) is 7.19. The van der Waals surface area contributed by atoms with Crippen LogP contribution in [0.5, 0.6) is 0 Å². The average Bonchev–Trinajstić information content (AvgIpc) is 3.28. The lowest BCUT2D eigenvalue weighted by Gasteiger charge is -2.23. The molecule has 0 spiro atoms. The first kappa shape index (κ1) is 16.7. The van der Waals surface area contributed by atoms with Crippen LogP contribution in [0.2, 0.25) is 0 Å². The van der Waals surface area contributed by atoms with Crippen molar-refractivity contribution in [1.82, 2.24) is 25.1 Å². The molecule has 0 atom stereocenters. The van der Waals surface area contributed by atoms with E-state index in [-0.39, 0.29) is 5.82 Å². The van der Waals surface area contributed by atoms with Crippen molar-refractivity contribution in [2.24, 2.45) is 0 Å². The first-order valence-electron chi connectivity index (χ1n) is 9.35. The summed E-state index contributed by atoms with van der Waals surface area (Å²) in [5.74, 6) is 1.03. The molecule has 0 radical (unpaired) electrons. The number of halogens is 1. The molecule has 1 fully saturated rings. The SMILES string of the molecule is Nc1nc(NCc2cc(F)cc3[nH]ccc23)ncc1-c1cc(C2CCC2)[nH]n1. The van der Waals surface area contributed by atoms with Crippen LogP contribution >= 0.6 is 0 Å². The summed E-state index contributed by atoms with van der Waals surface area (Å²) < 4.78 is 13.8. The molecule has 3 heterocycles. The van der Waals surface area contributed by atoms with Gasteiger partial charge in [0, 0.05) is 41.5 Å². The number of aromatic nitrogens is 5. The molecule has 5 rings (SSSR count). The minimum atomic E-state index is -0.289. The van der Waals surface area contributed by atoms with Gasteiger partial charge in [-0.2, -0.15) is 10.1 Å². The predicted molar refractivity (Wildman–Crippen MR) is 106 cm³/mol. The Bertz CT molecular complexity index is 1140. The third-order valence-electron chi connectivity index (χ3n) is 5.39. The number of nitrogens with two attached hydrogens (primary N) is 1. The monoisotopic (exact) mass is 377 g/mol. The Balaban J connectivity index is 1.34. The zero-order valence-electron chi connectivity index (χ0n) is 15.2. The highest BCUT2D eigenvalue weighted by Gasteiger charge is 2.22. The fraction of sp³-hybridized carbons (Fsp3) is 0.250. The van der Waals surface area contributed by atoms with E-state index in [0.29, 0.717) is 29.8 Å². The first-order valence-corrected chi connectivity index (χ1v) is 9.35. The van der Waals surface area contributed by atoms with Crippen molar-refractivity contribution < 1.29 is 4.39 Å². The summed E-state index contributed by atoms with van der Waals surface area (Å²) in [5.41, 5.74) is 10.3. The van der Waals surface area contributed by atoms with Gasteiger partial charge < -0.3 is 16.0 Å². The fourth-order valence-electron chi connectivity index (χ4n) is 3.61. The summed E-state index contributed by atoms with van der Waals surface area (Å²) in [7, 11) is 0. The van der Waals surface area contributed by atoms with Crippen molar-refractivity contribution in [2.75, 3.05) is 11.1 Å². The number of anilines is 2. The number of hydrogen-bond acceptors (Lipinski definition) is 5. The van der Waals surface area contributed by atoms with E-state index in [2.05, 4.69) is 30.5 Å². The van der Waals surface area contributed by atoms with Crippen molar-refractivity contribution in [3.8, 4) is 11.3 Å². The van der Waals surface area contributed by atoms with Crippen molar-refractivity contribution >= 4 is 22.7 Å². The number of aromatic amines is 2. The van der Waals surface area contributed by atoms with Crippen LogP contribution in [0.1, 0.15) is 36.4 Å². The van der Waals surface area contributed by atoms with Gasteiger partial charge in [-0.15, -0.1) is 0 Å². The van der Waals surface area contributed by atoms with Crippen LogP contribution in [0.4, 0.5) is 16.2 Å². The molecule has 4 aromatic rings. The first-order chi connectivity index (χ1) is 13.7. The zero-order chi connectivity index (χ0) is 19.1. The van der Waals surface area contributed by atoms with Crippen LogP contribution in [0, 0.1) is 5.82 Å². The minimum absolute atomic E-state index is 0.289. The maximum atomic E-state index is 13.8. The van der Waals surface area contributed by atoms with E-state index in [1.54, 1.807) is 12.4 Å². The van der Waals surface area contributed by atoms with E-state index in [1.807, 2.05) is 12.1 Å². The number of hydrogen-bond donors (Lipinski definition) is 4. The summed E-state index contributed by atoms with van der Waals surface area (Å²) in [6, 6.07) is 6.93. The Morgan fingerprint density at radius 3 is 2.93 bits per heavy atom. The van der Waals surface area contributed by atoms with E-state index in [4.69, 9.17) is 5.73 Å². The smallest absolute Gasteiger partial charge is 0.224 e. The minimum Gasteiger partial charge on any atom is -0.383 e. The lowest BCUT2D eigenvalue weighted by atomic mass is 9.83. The van der Waals surface area contributed by atoms with Crippen LogP contribution in [-0.4, -0.2) is 25.1 Å². The van der Waals surface area contributed by atoms with E-state index in [9.17, 15) is 4.39 Å². The summed E-state index contributed by atoms with van der Waals surface area (Å²) in [4.78, 5) is 11.7. The van der Waals surface area contributed by atoms with Crippen molar-refractivity contribution in [1.29, 1.82) is 0 Å². The second-order valence-electron chi connectivity index (χ2n) is 7.19. The summed E-state index contributed by atoms with van der Waals surface area (Å²) in [5, 5.41) is 11.5. The van der Waals surface area contributed by atoms with E-state index in [0.717, 1.165) is 27.9 Å². The molecule has 0 saturated heterocycles. The van der Waals surface area contributed by atoms with Crippen molar-refractivity contribution in [3.63, 3.8) is 0 Å². The van der Waals surface area contributed by atoms with Gasteiger partial charge in [0.25, 0.3) is 0 Å². The lowest BCUT2D eigenvalue weighted by molar-refractivity contribution is 0.410. The van der Waals surface area contributed by atoms with E-state index < -0.39 is 0 Å². The molecule has 1 aliphatic carbocycles. The zero-order valence-corrected chi connectivity index (χ0v) is 15.2. The fourth-order valence-corrected chi connectivity index (χ4v) is 3.61. The molecule has 0 amide bonds. The number of H-pyrrole nitrogens is 2. The number of benzene rings is 1. The van der Waals surface area contributed by atoms with Crippen molar-refractivity contribution in [2.45, 2.75) is 31.7 Å². The van der Waals surface area contributed by atoms with Gasteiger partial charge in [-0.25, -0.2) is 9.37 Å². The standard InChI is InChI=1S/C20H20FN7/c21-13-6-12(14-4-5-23-17(14)7-13)9-24-20-25-10-15(19(22)26-20)18-8-16(27-28-18)11-2-1-3-11/h4-8,10-11,23H,1-3,9H2,(H,27,28)(H3,22,24,25,26). The maximum absolute atomic E-state index is 13.8. The molecule has 28 heavy (non-hydrogen) atoms. The quantitative estimate of drug-likeness (QED) is 0.421. The predicted octanol–water partition coefficient (Wildman–Crippen LogP) is 3.95. The Hall–Kier alpha value is -3.42. The number of nitrogens with one attached hydrogen (secondary N) is 3. The molecule has 3 aromatic heterocycles. The highest BCUT2D eigenvalue weighted by molar-refractivity contribution is 5.83. The van der Waals surface area contributed by atoms with Crippen molar-refractivity contribution in [3.05, 3.63) is 53.7 Å². The molecule has 1 saturated carbocycles. The highest BCUT2D eigenvalue weighted by atomic mass is 19.1. The molecule has 7 nitrogen and oxygen atoms in total. The summed E-state index contributed by atoms with van der Waals surface area (Å²) in [6.45, 7) is 0.388. The van der Waals surface area contributed by atoms with E-state index >= 15 is 0 Å². The molecular weight excluding hydrogens is 357 g/mol. The van der Waals surface area contributed by atoms with Crippen LogP contribution in [-0.2, 0) is 6.54 Å².